The van der Waals surface area contributed by atoms with Crippen LogP contribution in [-0.4, -0.2) is 29.1 Å². The fraction of sp³-hybridized carbons (Fsp3) is 0.533. The van der Waals surface area contributed by atoms with E-state index in [0.717, 1.165) is 6.07 Å². The van der Waals surface area contributed by atoms with Crippen molar-refractivity contribution < 1.29 is 23.1 Å². The predicted molar refractivity (Wildman–Crippen MR) is 74.0 cm³/mol. The molecule has 0 spiro atoms. The summed E-state index contributed by atoms with van der Waals surface area (Å²) in [4.78, 5) is 12.9. The van der Waals surface area contributed by atoms with Gasteiger partial charge in [0, 0.05) is 0 Å². The number of benzene rings is 1. The number of rotatable bonds is 6. The lowest BCUT2D eigenvalue weighted by Gasteiger charge is -2.41. The van der Waals surface area contributed by atoms with Crippen molar-refractivity contribution in [2.24, 2.45) is 0 Å². The molecule has 1 N–H and O–H groups in total. The maximum atomic E-state index is 13.2. The third-order valence-corrected chi connectivity index (χ3v) is 3.77. The largest absolute Gasteiger partial charge is 0.481 e. The van der Waals surface area contributed by atoms with Crippen LogP contribution >= 0.6 is 0 Å². The van der Waals surface area contributed by atoms with Crippen molar-refractivity contribution >= 4 is 5.97 Å². The van der Waals surface area contributed by atoms with Crippen LogP contribution in [0, 0.1) is 0 Å². The lowest BCUT2D eigenvalue weighted by atomic mass is 9.83. The number of nitrogens with zero attached hydrogens (tertiary/aromatic N) is 1. The number of carboxylic acids is 1. The molecule has 1 atom stereocenters. The van der Waals surface area contributed by atoms with Crippen LogP contribution < -0.4 is 0 Å². The Labute approximate surface area is 122 Å². The lowest BCUT2D eigenvalue weighted by molar-refractivity contribution is -0.144. The third-order valence-electron chi connectivity index (χ3n) is 3.77. The highest BCUT2D eigenvalue weighted by Gasteiger charge is 2.42. The fourth-order valence-corrected chi connectivity index (χ4v) is 2.79. The summed E-state index contributed by atoms with van der Waals surface area (Å²) >= 11 is 0. The van der Waals surface area contributed by atoms with Gasteiger partial charge in [-0.05, 0) is 31.6 Å². The van der Waals surface area contributed by atoms with Gasteiger partial charge in [0.25, 0.3) is 0 Å². The van der Waals surface area contributed by atoms with Crippen molar-refractivity contribution in [3.8, 4) is 0 Å². The van der Waals surface area contributed by atoms with Gasteiger partial charge in [0.1, 0.15) is 0 Å². The van der Waals surface area contributed by atoms with E-state index in [1.165, 1.54) is 18.2 Å². The molecule has 0 radical (unpaired) electrons. The molecule has 0 amide bonds. The quantitative estimate of drug-likeness (QED) is 0.870. The average molecular weight is 303 g/mol. The topological polar surface area (TPSA) is 40.5 Å². The Kier molecular flexibility index (Phi) is 5.39. The Morgan fingerprint density at radius 1 is 1.14 bits per heavy atom. The first kappa shape index (κ1) is 17.5. The van der Waals surface area contributed by atoms with Crippen LogP contribution in [0.15, 0.2) is 24.3 Å². The summed E-state index contributed by atoms with van der Waals surface area (Å²) in [5, 5.41) is 9.14. The molecule has 0 aromatic heterocycles. The van der Waals surface area contributed by atoms with E-state index in [-0.39, 0.29) is 12.0 Å². The summed E-state index contributed by atoms with van der Waals surface area (Å²) in [7, 11) is 0. The van der Waals surface area contributed by atoms with Gasteiger partial charge >= 0.3 is 12.1 Å². The second-order valence-corrected chi connectivity index (χ2v) is 5.06. The van der Waals surface area contributed by atoms with Crippen LogP contribution in [0.5, 0.6) is 0 Å². The van der Waals surface area contributed by atoms with Gasteiger partial charge < -0.3 is 5.11 Å². The summed E-state index contributed by atoms with van der Waals surface area (Å²) in [5.74, 6) is -1.12. The van der Waals surface area contributed by atoms with Gasteiger partial charge in [-0.25, -0.2) is 0 Å². The molecule has 1 aromatic carbocycles. The smallest absolute Gasteiger partial charge is 0.416 e. The first-order valence-corrected chi connectivity index (χ1v) is 6.80. The minimum atomic E-state index is -4.51. The van der Waals surface area contributed by atoms with Crippen molar-refractivity contribution in [2.45, 2.75) is 38.9 Å². The van der Waals surface area contributed by atoms with Gasteiger partial charge in [-0.15, -0.1) is 0 Å². The van der Waals surface area contributed by atoms with Crippen molar-refractivity contribution in [1.29, 1.82) is 0 Å². The minimum absolute atomic E-state index is 0.00333. The van der Waals surface area contributed by atoms with Crippen molar-refractivity contribution in [1.82, 2.24) is 4.90 Å². The Balaban J connectivity index is 3.50. The van der Waals surface area contributed by atoms with Crippen molar-refractivity contribution in [2.75, 3.05) is 13.1 Å². The number of aliphatic carboxylic acids is 1. The summed E-state index contributed by atoms with van der Waals surface area (Å²) in [6, 6.07) is 5.19. The molecule has 0 aliphatic rings. The first-order valence-electron chi connectivity index (χ1n) is 6.80. The van der Waals surface area contributed by atoms with E-state index in [4.69, 9.17) is 5.11 Å². The Bertz CT molecular complexity index is 498. The van der Waals surface area contributed by atoms with Crippen molar-refractivity contribution in [3.63, 3.8) is 0 Å². The van der Waals surface area contributed by atoms with E-state index in [2.05, 4.69) is 0 Å². The molecule has 0 saturated carbocycles. The van der Waals surface area contributed by atoms with Crippen LogP contribution in [0.4, 0.5) is 13.2 Å². The molecule has 3 nitrogen and oxygen atoms in total. The fourth-order valence-electron chi connectivity index (χ4n) is 2.79. The predicted octanol–water partition coefficient (Wildman–Crippen LogP) is 3.74. The number of carbonyl (C=O) groups is 1. The van der Waals surface area contributed by atoms with Crippen LogP contribution in [0.25, 0.3) is 0 Å². The zero-order valence-electron chi connectivity index (χ0n) is 12.4. The average Bonchev–Trinajstić information content (AvgIpc) is 2.38. The molecular weight excluding hydrogens is 283 g/mol. The van der Waals surface area contributed by atoms with E-state index >= 15 is 0 Å². The summed E-state index contributed by atoms with van der Waals surface area (Å²) in [6.45, 7) is 6.09. The summed E-state index contributed by atoms with van der Waals surface area (Å²) in [6.07, 6.45) is -4.90. The minimum Gasteiger partial charge on any atom is -0.481 e. The standard InChI is InChI=1S/C15H20F3NO2/c1-4-19(5-2)14(3,10-13(20)21)11-8-6-7-9-12(11)15(16,17)18/h6-9H,4-5,10H2,1-3H3,(H,20,21). The van der Waals surface area contributed by atoms with Gasteiger partial charge in [-0.1, -0.05) is 32.0 Å². The molecular formula is C15H20F3NO2. The molecule has 0 bridgehead atoms. The van der Waals surface area contributed by atoms with Gasteiger partial charge in [0.15, 0.2) is 0 Å². The summed E-state index contributed by atoms with van der Waals surface area (Å²) < 4.78 is 39.7. The van der Waals surface area contributed by atoms with E-state index in [1.54, 1.807) is 25.7 Å². The molecule has 0 aliphatic heterocycles. The van der Waals surface area contributed by atoms with Crippen LogP contribution in [0.2, 0.25) is 0 Å². The van der Waals surface area contributed by atoms with E-state index in [1.807, 2.05) is 0 Å². The molecule has 0 saturated heterocycles. The highest BCUT2D eigenvalue weighted by molar-refractivity contribution is 5.69. The van der Waals surface area contributed by atoms with Crippen LogP contribution in [0.1, 0.15) is 38.3 Å². The number of carboxylic acid groups (broad SMARTS) is 1. The van der Waals surface area contributed by atoms with Crippen LogP contribution in [-0.2, 0) is 16.5 Å². The molecule has 1 rings (SSSR count). The normalized spacial score (nSPS) is 15.0. The summed E-state index contributed by atoms with van der Waals surface area (Å²) in [5.41, 5.74) is -1.98. The monoisotopic (exact) mass is 303 g/mol. The lowest BCUT2D eigenvalue weighted by Crippen LogP contribution is -2.46. The molecule has 1 unspecified atom stereocenters. The molecule has 0 aliphatic carbocycles. The molecule has 118 valence electrons. The highest BCUT2D eigenvalue weighted by Crippen LogP contribution is 2.40. The number of hydrogen-bond donors (Lipinski definition) is 1. The molecule has 6 heteroatoms. The van der Waals surface area contributed by atoms with Gasteiger partial charge in [0.05, 0.1) is 17.5 Å². The third kappa shape index (κ3) is 3.75. The first-order chi connectivity index (χ1) is 9.66. The van der Waals surface area contributed by atoms with Gasteiger partial charge in [0.2, 0.25) is 0 Å². The molecule has 0 heterocycles. The number of alkyl halides is 3. The number of halogens is 3. The number of hydrogen-bond acceptors (Lipinski definition) is 2. The highest BCUT2D eigenvalue weighted by atomic mass is 19.4. The van der Waals surface area contributed by atoms with E-state index in [9.17, 15) is 18.0 Å². The maximum absolute atomic E-state index is 13.2. The van der Waals surface area contributed by atoms with Gasteiger partial charge in [-0.3, -0.25) is 9.69 Å². The maximum Gasteiger partial charge on any atom is 0.416 e. The second-order valence-electron chi connectivity index (χ2n) is 5.06. The van der Waals surface area contributed by atoms with E-state index < -0.39 is 23.2 Å². The Morgan fingerprint density at radius 3 is 2.00 bits per heavy atom. The zero-order chi connectivity index (χ0) is 16.3. The zero-order valence-corrected chi connectivity index (χ0v) is 12.4. The SMILES string of the molecule is CCN(CC)C(C)(CC(=O)O)c1ccccc1C(F)(F)F. The Morgan fingerprint density at radius 2 is 1.62 bits per heavy atom. The molecule has 1 aromatic rings. The molecule has 0 fully saturated rings. The van der Waals surface area contributed by atoms with E-state index in [0.29, 0.717) is 13.1 Å². The molecule has 21 heavy (non-hydrogen) atoms. The van der Waals surface area contributed by atoms with Crippen LogP contribution in [0.3, 0.4) is 0 Å². The Hall–Kier alpha value is -1.56. The van der Waals surface area contributed by atoms with Crippen molar-refractivity contribution in [3.05, 3.63) is 35.4 Å². The van der Waals surface area contributed by atoms with Gasteiger partial charge in [-0.2, -0.15) is 13.2 Å². The second kappa shape index (κ2) is 6.47.